The van der Waals surface area contributed by atoms with Gasteiger partial charge in [0, 0.05) is 36.2 Å². The van der Waals surface area contributed by atoms with Crippen molar-refractivity contribution in [1.29, 1.82) is 0 Å². The molecule has 0 amide bonds. The van der Waals surface area contributed by atoms with Gasteiger partial charge >= 0.3 is 0 Å². The van der Waals surface area contributed by atoms with Crippen LogP contribution in [0.3, 0.4) is 0 Å². The van der Waals surface area contributed by atoms with Crippen LogP contribution in [0.4, 0.5) is 4.39 Å². The van der Waals surface area contributed by atoms with Gasteiger partial charge in [0.1, 0.15) is 5.69 Å². The summed E-state index contributed by atoms with van der Waals surface area (Å²) in [5, 5.41) is 22.1. The molecule has 0 saturated heterocycles. The number of hydrogen-bond donors (Lipinski definition) is 0. The molecule has 30 heavy (non-hydrogen) atoms. The third-order valence-electron chi connectivity index (χ3n) is 4.84. The van der Waals surface area contributed by atoms with Gasteiger partial charge in [0.15, 0.2) is 22.6 Å². The van der Waals surface area contributed by atoms with Crippen LogP contribution in [0.1, 0.15) is 30.3 Å². The van der Waals surface area contributed by atoms with Crippen LogP contribution >= 0.6 is 11.8 Å². The molecule has 1 fully saturated rings. The lowest BCUT2D eigenvalue weighted by molar-refractivity contribution is 0.590. The smallest absolute Gasteiger partial charge is 0.191 e. The highest BCUT2D eigenvalue weighted by molar-refractivity contribution is 7.99. The zero-order chi connectivity index (χ0) is 20.5. The molecule has 0 atom stereocenters. The van der Waals surface area contributed by atoms with Crippen LogP contribution in [0, 0.1) is 12.7 Å². The Balaban J connectivity index is 1.29. The maximum Gasteiger partial charge on any atom is 0.191 e. The molecule has 5 rings (SSSR count). The Labute approximate surface area is 176 Å². The van der Waals surface area contributed by atoms with Crippen molar-refractivity contribution in [3.05, 3.63) is 59.9 Å². The maximum absolute atomic E-state index is 14.1. The first kappa shape index (κ1) is 18.9. The number of benzene rings is 1. The molecule has 0 spiro atoms. The number of tetrazole rings is 1. The number of rotatable bonds is 7. The lowest BCUT2D eigenvalue weighted by Gasteiger charge is -2.08. The highest BCUT2D eigenvalue weighted by Crippen LogP contribution is 2.41. The van der Waals surface area contributed by atoms with Gasteiger partial charge in [0.05, 0.1) is 0 Å². The minimum absolute atomic E-state index is 0.303. The summed E-state index contributed by atoms with van der Waals surface area (Å²) in [6, 6.07) is 9.18. The van der Waals surface area contributed by atoms with Gasteiger partial charge in [-0.2, -0.15) is 0 Å². The van der Waals surface area contributed by atoms with Crippen molar-refractivity contribution in [1.82, 2.24) is 40.0 Å². The minimum Gasteiger partial charge on any atom is -0.299 e. The molecule has 0 N–H and O–H groups in total. The van der Waals surface area contributed by atoms with Gasteiger partial charge in [-0.25, -0.2) is 4.39 Å². The molecule has 0 bridgehead atoms. The standard InChI is InChI=1S/C20H19FN8S/c1-13-2-5-16(21)17(12-13)29-26-18(23-27-29)8-11-30-20-25-24-19(28(20)15-3-4-15)14-6-9-22-10-7-14/h2,5-7,9-10,12,15H,3-4,8,11H2,1H3. The van der Waals surface area contributed by atoms with E-state index in [2.05, 4.69) is 35.2 Å². The van der Waals surface area contributed by atoms with Gasteiger partial charge in [0.25, 0.3) is 0 Å². The average molecular weight is 422 g/mol. The average Bonchev–Trinajstić information content (AvgIpc) is 3.34. The van der Waals surface area contributed by atoms with Crippen LogP contribution in [0.5, 0.6) is 0 Å². The molecule has 0 radical (unpaired) electrons. The second-order valence-corrected chi connectivity index (χ2v) is 8.25. The summed E-state index contributed by atoms with van der Waals surface area (Å²) in [5.41, 5.74) is 2.25. The summed E-state index contributed by atoms with van der Waals surface area (Å²) in [6.07, 6.45) is 6.41. The van der Waals surface area contributed by atoms with E-state index >= 15 is 0 Å². The first-order valence-electron chi connectivity index (χ1n) is 9.72. The molecule has 3 aromatic heterocycles. The fraction of sp³-hybridized carbons (Fsp3) is 0.300. The molecule has 10 heteroatoms. The number of aryl methyl sites for hydroxylation is 2. The molecule has 0 unspecified atom stereocenters. The molecular weight excluding hydrogens is 403 g/mol. The van der Waals surface area contributed by atoms with E-state index in [4.69, 9.17) is 0 Å². The largest absolute Gasteiger partial charge is 0.299 e. The zero-order valence-corrected chi connectivity index (χ0v) is 17.1. The van der Waals surface area contributed by atoms with Crippen molar-refractivity contribution in [3.63, 3.8) is 0 Å². The third-order valence-corrected chi connectivity index (χ3v) is 5.79. The van der Waals surface area contributed by atoms with E-state index in [9.17, 15) is 4.39 Å². The first-order chi connectivity index (χ1) is 14.7. The molecule has 0 aliphatic heterocycles. The Bertz CT molecular complexity index is 1170. The van der Waals surface area contributed by atoms with Crippen LogP contribution in [-0.4, -0.2) is 45.7 Å². The van der Waals surface area contributed by atoms with E-state index in [1.54, 1.807) is 36.3 Å². The predicted molar refractivity (Wildman–Crippen MR) is 110 cm³/mol. The van der Waals surface area contributed by atoms with E-state index in [1.807, 2.05) is 19.1 Å². The van der Waals surface area contributed by atoms with Crippen LogP contribution in [0.2, 0.25) is 0 Å². The Morgan fingerprint density at radius 3 is 2.73 bits per heavy atom. The molecule has 4 aromatic rings. The zero-order valence-electron chi connectivity index (χ0n) is 16.3. The molecular formula is C20H19FN8S. The number of pyridine rings is 1. The summed E-state index contributed by atoms with van der Waals surface area (Å²) in [6.45, 7) is 1.90. The number of halogens is 1. The quantitative estimate of drug-likeness (QED) is 0.422. The number of aromatic nitrogens is 8. The van der Waals surface area contributed by atoms with E-state index in [0.717, 1.165) is 40.7 Å². The van der Waals surface area contributed by atoms with Gasteiger partial charge in [-0.05, 0) is 54.8 Å². The van der Waals surface area contributed by atoms with Crippen molar-refractivity contribution < 1.29 is 4.39 Å². The number of hydrogen-bond acceptors (Lipinski definition) is 7. The van der Waals surface area contributed by atoms with Crippen molar-refractivity contribution in [3.8, 4) is 17.1 Å². The van der Waals surface area contributed by atoms with Crippen molar-refractivity contribution in [2.45, 2.75) is 37.4 Å². The van der Waals surface area contributed by atoms with E-state index in [1.165, 1.54) is 10.9 Å². The highest BCUT2D eigenvalue weighted by Gasteiger charge is 2.30. The van der Waals surface area contributed by atoms with Gasteiger partial charge in [-0.1, -0.05) is 17.8 Å². The summed E-state index contributed by atoms with van der Waals surface area (Å²) in [7, 11) is 0. The SMILES string of the molecule is Cc1ccc(F)c(-n2nnc(CCSc3nnc(-c4ccncc4)n3C3CC3)n2)c1. The van der Waals surface area contributed by atoms with E-state index in [-0.39, 0.29) is 5.82 Å². The second kappa shape index (κ2) is 7.94. The molecule has 3 heterocycles. The minimum atomic E-state index is -0.375. The van der Waals surface area contributed by atoms with Crippen molar-refractivity contribution >= 4 is 11.8 Å². The maximum atomic E-state index is 14.1. The van der Waals surface area contributed by atoms with Crippen molar-refractivity contribution in [2.75, 3.05) is 5.75 Å². The topological polar surface area (TPSA) is 87.2 Å². The van der Waals surface area contributed by atoms with Gasteiger partial charge in [0.2, 0.25) is 0 Å². The summed E-state index contributed by atoms with van der Waals surface area (Å²) in [5.74, 6) is 1.79. The summed E-state index contributed by atoms with van der Waals surface area (Å²) < 4.78 is 16.3. The van der Waals surface area contributed by atoms with E-state index < -0.39 is 0 Å². The molecule has 1 aliphatic rings. The lowest BCUT2D eigenvalue weighted by Crippen LogP contribution is -2.03. The molecule has 152 valence electrons. The normalized spacial score (nSPS) is 13.7. The van der Waals surface area contributed by atoms with Crippen molar-refractivity contribution in [2.24, 2.45) is 0 Å². The molecule has 1 aliphatic carbocycles. The van der Waals surface area contributed by atoms with Crippen LogP contribution in [0.15, 0.2) is 47.9 Å². The van der Waals surface area contributed by atoms with Crippen LogP contribution in [0.25, 0.3) is 17.1 Å². The van der Waals surface area contributed by atoms with Gasteiger partial charge in [-0.15, -0.1) is 25.2 Å². The molecule has 1 aromatic carbocycles. The number of nitrogens with zero attached hydrogens (tertiary/aromatic N) is 8. The molecule has 8 nitrogen and oxygen atoms in total. The first-order valence-corrected chi connectivity index (χ1v) is 10.7. The second-order valence-electron chi connectivity index (χ2n) is 7.19. The Morgan fingerprint density at radius 2 is 1.93 bits per heavy atom. The fourth-order valence-electron chi connectivity index (χ4n) is 3.19. The van der Waals surface area contributed by atoms with E-state index in [0.29, 0.717) is 24.0 Å². The van der Waals surface area contributed by atoms with Gasteiger partial charge in [-0.3, -0.25) is 9.55 Å². The Hall–Kier alpha value is -3.14. The van der Waals surface area contributed by atoms with Crippen LogP contribution in [-0.2, 0) is 6.42 Å². The van der Waals surface area contributed by atoms with Gasteiger partial charge < -0.3 is 0 Å². The van der Waals surface area contributed by atoms with Crippen LogP contribution < -0.4 is 0 Å². The Morgan fingerprint density at radius 1 is 1.10 bits per heavy atom. The summed E-state index contributed by atoms with van der Waals surface area (Å²) >= 11 is 1.62. The lowest BCUT2D eigenvalue weighted by atomic mass is 10.2. The summed E-state index contributed by atoms with van der Waals surface area (Å²) in [4.78, 5) is 5.32. The fourth-order valence-corrected chi connectivity index (χ4v) is 4.13. The monoisotopic (exact) mass is 422 g/mol. The Kier molecular flexibility index (Phi) is 4.99. The highest BCUT2D eigenvalue weighted by atomic mass is 32.2. The third kappa shape index (κ3) is 3.82. The molecule has 1 saturated carbocycles. The predicted octanol–water partition coefficient (Wildman–Crippen LogP) is 3.43. The number of thioether (sulfide) groups is 1.